The number of halogens is 1. The summed E-state index contributed by atoms with van der Waals surface area (Å²) < 4.78 is 45.9. The lowest BCUT2D eigenvalue weighted by molar-refractivity contribution is -0.122. The highest BCUT2D eigenvalue weighted by Crippen LogP contribution is 2.30. The summed E-state index contributed by atoms with van der Waals surface area (Å²) in [6.45, 7) is 0.212. The van der Waals surface area contributed by atoms with E-state index in [0.717, 1.165) is 5.56 Å². The Hall–Kier alpha value is -3.23. The van der Waals surface area contributed by atoms with E-state index in [9.17, 15) is 17.6 Å². The van der Waals surface area contributed by atoms with E-state index in [4.69, 9.17) is 4.74 Å². The Labute approximate surface area is 187 Å². The zero-order valence-corrected chi connectivity index (χ0v) is 18.7. The summed E-state index contributed by atoms with van der Waals surface area (Å²) in [5.41, 5.74) is 1.40. The van der Waals surface area contributed by atoms with Gasteiger partial charge in [-0.25, -0.2) is 12.8 Å². The van der Waals surface area contributed by atoms with Crippen molar-refractivity contribution >= 4 is 15.9 Å². The van der Waals surface area contributed by atoms with E-state index >= 15 is 0 Å². The highest BCUT2D eigenvalue weighted by molar-refractivity contribution is 7.89. The maximum Gasteiger partial charge on any atom is 0.243 e. The Bertz CT molecular complexity index is 1130. The predicted molar refractivity (Wildman–Crippen MR) is 120 cm³/mol. The smallest absolute Gasteiger partial charge is 0.243 e. The normalized spacial score (nSPS) is 12.4. The molecule has 32 heavy (non-hydrogen) atoms. The highest BCUT2D eigenvalue weighted by Gasteiger charge is 2.30. The van der Waals surface area contributed by atoms with E-state index in [2.05, 4.69) is 5.32 Å². The number of benzene rings is 3. The van der Waals surface area contributed by atoms with Crippen LogP contribution in [-0.2, 0) is 21.4 Å². The lowest BCUT2D eigenvalue weighted by atomic mass is 10.0. The standard InChI is InChI=1S/C24H25FN2O4S/c1-27(32(29,30)22-6-4-3-5-7-22)23(19-10-14-21(31-2)15-11-19)16-24(28)26-17-18-8-12-20(25)13-9-18/h3-15,23H,16-17H2,1-2H3,(H,26,28)/t23-/m0/s1. The molecule has 0 heterocycles. The number of carbonyl (C=O) groups excluding carboxylic acids is 1. The highest BCUT2D eigenvalue weighted by atomic mass is 32.2. The van der Waals surface area contributed by atoms with Gasteiger partial charge >= 0.3 is 0 Å². The molecule has 3 aromatic carbocycles. The van der Waals surface area contributed by atoms with E-state index in [-0.39, 0.29) is 29.6 Å². The summed E-state index contributed by atoms with van der Waals surface area (Å²) in [6, 6.07) is 20.1. The zero-order chi connectivity index (χ0) is 23.1. The first kappa shape index (κ1) is 23.4. The maximum absolute atomic E-state index is 13.2. The number of sulfonamides is 1. The third-order valence-corrected chi connectivity index (χ3v) is 7.02. The second kappa shape index (κ2) is 10.4. The van der Waals surface area contributed by atoms with Crippen molar-refractivity contribution in [3.8, 4) is 5.75 Å². The molecule has 1 N–H and O–H groups in total. The van der Waals surface area contributed by atoms with Crippen LogP contribution in [-0.4, -0.2) is 32.8 Å². The van der Waals surface area contributed by atoms with Crippen molar-refractivity contribution < 1.29 is 22.3 Å². The molecule has 0 saturated carbocycles. The van der Waals surface area contributed by atoms with Gasteiger partial charge in [-0.3, -0.25) is 4.79 Å². The minimum absolute atomic E-state index is 0.0872. The summed E-state index contributed by atoms with van der Waals surface area (Å²) in [4.78, 5) is 12.9. The molecule has 0 unspecified atom stereocenters. The molecule has 3 rings (SSSR count). The average molecular weight is 457 g/mol. The lowest BCUT2D eigenvalue weighted by Gasteiger charge is -2.28. The quantitative estimate of drug-likeness (QED) is 0.530. The van der Waals surface area contributed by atoms with Gasteiger partial charge < -0.3 is 10.1 Å². The van der Waals surface area contributed by atoms with Crippen molar-refractivity contribution in [1.29, 1.82) is 0 Å². The third kappa shape index (κ3) is 5.72. The van der Waals surface area contributed by atoms with Gasteiger partial charge in [-0.2, -0.15) is 4.31 Å². The van der Waals surface area contributed by atoms with Crippen molar-refractivity contribution in [3.63, 3.8) is 0 Å². The Kier molecular flexibility index (Phi) is 7.61. The van der Waals surface area contributed by atoms with Crippen LogP contribution in [0.25, 0.3) is 0 Å². The van der Waals surface area contributed by atoms with Gasteiger partial charge in [-0.1, -0.05) is 42.5 Å². The molecule has 0 bridgehead atoms. The summed E-state index contributed by atoms with van der Waals surface area (Å²) >= 11 is 0. The second-order valence-electron chi connectivity index (χ2n) is 7.23. The van der Waals surface area contributed by atoms with Crippen LogP contribution >= 0.6 is 0 Å². The van der Waals surface area contributed by atoms with Gasteiger partial charge in [0.2, 0.25) is 15.9 Å². The number of methoxy groups -OCH3 is 1. The van der Waals surface area contributed by atoms with Gasteiger partial charge in [-0.05, 0) is 47.5 Å². The van der Waals surface area contributed by atoms with E-state index in [1.54, 1.807) is 61.7 Å². The minimum atomic E-state index is -3.84. The van der Waals surface area contributed by atoms with Gasteiger partial charge in [0.25, 0.3) is 0 Å². The van der Waals surface area contributed by atoms with Crippen LogP contribution in [0, 0.1) is 5.82 Å². The van der Waals surface area contributed by atoms with Crippen LogP contribution in [0.3, 0.4) is 0 Å². The number of hydrogen-bond donors (Lipinski definition) is 1. The van der Waals surface area contributed by atoms with E-state index < -0.39 is 16.1 Å². The van der Waals surface area contributed by atoms with Gasteiger partial charge in [0.05, 0.1) is 18.0 Å². The molecule has 1 amide bonds. The Morgan fingerprint density at radius 3 is 2.22 bits per heavy atom. The summed E-state index contributed by atoms with van der Waals surface area (Å²) in [5.74, 6) is -0.0560. The maximum atomic E-state index is 13.2. The number of rotatable bonds is 9. The van der Waals surface area contributed by atoms with Gasteiger partial charge in [-0.15, -0.1) is 0 Å². The minimum Gasteiger partial charge on any atom is -0.497 e. The number of carbonyl (C=O) groups is 1. The summed E-state index contributed by atoms with van der Waals surface area (Å²) in [6.07, 6.45) is -0.0872. The molecule has 0 aliphatic carbocycles. The van der Waals surface area contributed by atoms with Crippen LogP contribution in [0.5, 0.6) is 5.75 Å². The molecular weight excluding hydrogens is 431 g/mol. The first-order chi connectivity index (χ1) is 15.3. The first-order valence-corrected chi connectivity index (χ1v) is 11.4. The summed E-state index contributed by atoms with van der Waals surface area (Å²) in [7, 11) is -0.833. The van der Waals surface area contributed by atoms with Crippen LogP contribution in [0.4, 0.5) is 4.39 Å². The van der Waals surface area contributed by atoms with Crippen LogP contribution in [0.1, 0.15) is 23.6 Å². The molecule has 6 nitrogen and oxygen atoms in total. The largest absolute Gasteiger partial charge is 0.497 e. The van der Waals surface area contributed by atoms with Gasteiger partial charge in [0.1, 0.15) is 11.6 Å². The zero-order valence-electron chi connectivity index (χ0n) is 17.9. The number of nitrogens with one attached hydrogen (secondary N) is 1. The number of ether oxygens (including phenoxy) is 1. The molecule has 0 aromatic heterocycles. The van der Waals surface area contributed by atoms with Crippen LogP contribution in [0.2, 0.25) is 0 Å². The molecule has 0 aliphatic heterocycles. The van der Waals surface area contributed by atoms with Crippen molar-refractivity contribution in [2.45, 2.75) is 23.9 Å². The van der Waals surface area contributed by atoms with E-state index in [0.29, 0.717) is 11.3 Å². The third-order valence-electron chi connectivity index (χ3n) is 5.14. The number of hydrogen-bond acceptors (Lipinski definition) is 4. The van der Waals surface area contributed by atoms with E-state index in [1.165, 1.54) is 35.6 Å². The first-order valence-electron chi connectivity index (χ1n) is 9.99. The fourth-order valence-corrected chi connectivity index (χ4v) is 4.62. The van der Waals surface area contributed by atoms with Crippen LogP contribution < -0.4 is 10.1 Å². The predicted octanol–water partition coefficient (Wildman–Crippen LogP) is 3.90. The van der Waals surface area contributed by atoms with Gasteiger partial charge in [0, 0.05) is 20.0 Å². The molecule has 3 aromatic rings. The molecule has 1 atom stereocenters. The molecule has 0 aliphatic rings. The Morgan fingerprint density at radius 1 is 1.00 bits per heavy atom. The van der Waals surface area contributed by atoms with Crippen LogP contribution in [0.15, 0.2) is 83.8 Å². The number of amides is 1. The molecular formula is C24H25FN2O4S. The number of nitrogens with zero attached hydrogens (tertiary/aromatic N) is 1. The van der Waals surface area contributed by atoms with Gasteiger partial charge in [0.15, 0.2) is 0 Å². The fraction of sp³-hybridized carbons (Fsp3) is 0.208. The van der Waals surface area contributed by atoms with Crippen molar-refractivity contribution in [2.24, 2.45) is 0 Å². The van der Waals surface area contributed by atoms with E-state index in [1.807, 2.05) is 0 Å². The molecule has 0 radical (unpaired) electrons. The second-order valence-corrected chi connectivity index (χ2v) is 9.23. The molecule has 0 spiro atoms. The Balaban J connectivity index is 1.83. The molecule has 0 saturated heterocycles. The van der Waals surface area contributed by atoms with Crippen molar-refractivity contribution in [1.82, 2.24) is 9.62 Å². The molecule has 8 heteroatoms. The molecule has 168 valence electrons. The SMILES string of the molecule is COc1ccc([C@H](CC(=O)NCc2ccc(F)cc2)N(C)S(=O)(=O)c2ccccc2)cc1. The topological polar surface area (TPSA) is 75.7 Å². The monoisotopic (exact) mass is 456 g/mol. The average Bonchev–Trinajstić information content (AvgIpc) is 2.82. The van der Waals surface area contributed by atoms with Crippen molar-refractivity contribution in [3.05, 3.63) is 95.8 Å². The lowest BCUT2D eigenvalue weighted by Crippen LogP contribution is -2.35. The summed E-state index contributed by atoms with van der Waals surface area (Å²) in [5, 5.41) is 2.78. The fourth-order valence-electron chi connectivity index (χ4n) is 3.26. The van der Waals surface area contributed by atoms with Crippen molar-refractivity contribution in [2.75, 3.05) is 14.2 Å². The molecule has 0 fully saturated rings. The Morgan fingerprint density at radius 2 is 1.62 bits per heavy atom.